The zero-order chi connectivity index (χ0) is 23.8. The molecule has 1 amide bonds. The summed E-state index contributed by atoms with van der Waals surface area (Å²) < 4.78 is 16.1. The first kappa shape index (κ1) is 24.9. The van der Waals surface area contributed by atoms with E-state index in [0.29, 0.717) is 35.8 Å². The van der Waals surface area contributed by atoms with Crippen molar-refractivity contribution in [3.63, 3.8) is 0 Å². The predicted octanol–water partition coefficient (Wildman–Crippen LogP) is 3.87. The van der Waals surface area contributed by atoms with Gasteiger partial charge in [-0.25, -0.2) is 0 Å². The van der Waals surface area contributed by atoms with E-state index in [9.17, 15) is 14.4 Å². The lowest BCUT2D eigenvalue weighted by Gasteiger charge is -2.14. The van der Waals surface area contributed by atoms with Gasteiger partial charge >= 0.3 is 5.97 Å². The molecule has 7 nitrogen and oxygen atoms in total. The highest BCUT2D eigenvalue weighted by Crippen LogP contribution is 2.28. The van der Waals surface area contributed by atoms with Crippen LogP contribution >= 0.6 is 0 Å². The highest BCUT2D eigenvalue weighted by atomic mass is 16.5. The lowest BCUT2D eigenvalue weighted by atomic mass is 9.93. The number of hydrogen-bond donors (Lipinski definition) is 1. The van der Waals surface area contributed by atoms with Crippen LogP contribution in [0.5, 0.6) is 11.5 Å². The lowest BCUT2D eigenvalue weighted by molar-refractivity contribution is -0.141. The molecule has 2 aromatic carbocycles. The average molecular weight is 442 g/mol. The van der Waals surface area contributed by atoms with E-state index in [-0.39, 0.29) is 18.9 Å². The largest absolute Gasteiger partial charge is 0.490 e. The van der Waals surface area contributed by atoms with Crippen LogP contribution in [0.2, 0.25) is 0 Å². The van der Waals surface area contributed by atoms with Crippen molar-refractivity contribution in [2.45, 2.75) is 41.5 Å². The minimum atomic E-state index is -0.694. The van der Waals surface area contributed by atoms with Gasteiger partial charge in [-0.05, 0) is 88.1 Å². The number of rotatable bonds is 10. The fourth-order valence-electron chi connectivity index (χ4n) is 3.22. The van der Waals surface area contributed by atoms with Crippen LogP contribution in [0.15, 0.2) is 24.3 Å². The zero-order valence-electron chi connectivity index (χ0n) is 19.6. The Labute approximate surface area is 189 Å². The molecule has 1 N–H and O–H groups in total. The third-order valence-electron chi connectivity index (χ3n) is 5.34. The predicted molar refractivity (Wildman–Crippen MR) is 122 cm³/mol. The summed E-state index contributed by atoms with van der Waals surface area (Å²) in [5.41, 5.74) is 4.94. The normalized spacial score (nSPS) is 10.4. The Morgan fingerprint density at radius 2 is 1.50 bits per heavy atom. The van der Waals surface area contributed by atoms with Gasteiger partial charge in [0.15, 0.2) is 18.1 Å². The topological polar surface area (TPSA) is 90.9 Å². The van der Waals surface area contributed by atoms with E-state index in [4.69, 9.17) is 14.2 Å². The van der Waals surface area contributed by atoms with Gasteiger partial charge in [-0.3, -0.25) is 14.4 Å². The minimum Gasteiger partial charge on any atom is -0.490 e. The van der Waals surface area contributed by atoms with Gasteiger partial charge in [0.1, 0.15) is 6.54 Å². The van der Waals surface area contributed by atoms with Crippen molar-refractivity contribution in [3.8, 4) is 11.5 Å². The van der Waals surface area contributed by atoms with Crippen LogP contribution in [0, 0.1) is 27.7 Å². The number of esters is 1. The number of hydrogen-bond acceptors (Lipinski definition) is 6. The smallest absolute Gasteiger partial charge is 0.325 e. The van der Waals surface area contributed by atoms with Gasteiger partial charge < -0.3 is 19.5 Å². The van der Waals surface area contributed by atoms with Gasteiger partial charge in [0.05, 0.1) is 13.2 Å². The molecule has 0 saturated heterocycles. The fraction of sp³-hybridized carbons (Fsp3) is 0.400. The molecule has 172 valence electrons. The van der Waals surface area contributed by atoms with Crippen LogP contribution in [0.1, 0.15) is 56.8 Å². The van der Waals surface area contributed by atoms with Crippen LogP contribution in [0.4, 0.5) is 0 Å². The van der Waals surface area contributed by atoms with Crippen LogP contribution in [-0.2, 0) is 9.53 Å². The molecule has 0 aromatic heterocycles. The van der Waals surface area contributed by atoms with Crippen LogP contribution in [0.3, 0.4) is 0 Å². The first-order valence-electron chi connectivity index (χ1n) is 10.6. The molecule has 0 radical (unpaired) electrons. The van der Waals surface area contributed by atoms with Crippen molar-refractivity contribution < 1.29 is 28.6 Å². The fourth-order valence-corrected chi connectivity index (χ4v) is 3.22. The summed E-state index contributed by atoms with van der Waals surface area (Å²) in [4.78, 5) is 37.0. The second-order valence-corrected chi connectivity index (χ2v) is 7.41. The molecule has 0 bridgehead atoms. The Morgan fingerprint density at radius 3 is 2.16 bits per heavy atom. The molecule has 0 aliphatic carbocycles. The minimum absolute atomic E-state index is 0.277. The van der Waals surface area contributed by atoms with E-state index in [1.165, 1.54) is 0 Å². The summed E-state index contributed by atoms with van der Waals surface area (Å²) >= 11 is 0. The van der Waals surface area contributed by atoms with Crippen LogP contribution < -0.4 is 14.8 Å². The van der Waals surface area contributed by atoms with Crippen molar-refractivity contribution in [1.29, 1.82) is 0 Å². The second-order valence-electron chi connectivity index (χ2n) is 7.41. The molecular formula is C25H31NO6. The van der Waals surface area contributed by atoms with E-state index in [1.54, 1.807) is 18.2 Å². The maximum atomic E-state index is 12.5. The first-order valence-corrected chi connectivity index (χ1v) is 10.6. The molecule has 2 rings (SSSR count). The molecule has 32 heavy (non-hydrogen) atoms. The zero-order valence-corrected chi connectivity index (χ0v) is 19.6. The monoisotopic (exact) mass is 441 g/mol. The Bertz CT molecular complexity index is 1010. The van der Waals surface area contributed by atoms with Crippen molar-refractivity contribution in [2.75, 3.05) is 26.4 Å². The van der Waals surface area contributed by atoms with Gasteiger partial charge in [-0.15, -0.1) is 0 Å². The molecule has 0 atom stereocenters. The van der Waals surface area contributed by atoms with Crippen molar-refractivity contribution in [1.82, 2.24) is 5.32 Å². The number of ether oxygens (including phenoxy) is 3. The maximum absolute atomic E-state index is 12.5. The summed E-state index contributed by atoms with van der Waals surface area (Å²) in [6.45, 7) is 11.6. The molecule has 7 heteroatoms. The van der Waals surface area contributed by atoms with E-state index in [1.807, 2.05) is 47.6 Å². The Kier molecular flexibility index (Phi) is 8.81. The molecular weight excluding hydrogens is 410 g/mol. The van der Waals surface area contributed by atoms with Gasteiger partial charge in [-0.2, -0.15) is 0 Å². The third kappa shape index (κ3) is 6.09. The van der Waals surface area contributed by atoms with Crippen LogP contribution in [0.25, 0.3) is 0 Å². The highest BCUT2D eigenvalue weighted by molar-refractivity contribution is 6.00. The van der Waals surface area contributed by atoms with E-state index >= 15 is 0 Å². The highest BCUT2D eigenvalue weighted by Gasteiger charge is 2.17. The van der Waals surface area contributed by atoms with Crippen molar-refractivity contribution in [3.05, 3.63) is 57.6 Å². The Balaban J connectivity index is 1.94. The standard InChI is InChI=1S/C25H31NO6/c1-7-30-22-10-9-19(12-23(22)31-8-2)25(29)26-13-24(28)32-14-21(27)20-11-15(3)16(4)17(5)18(20)6/h9-12H,7-8,13-14H2,1-6H3,(H,26,29). The lowest BCUT2D eigenvalue weighted by Crippen LogP contribution is -2.31. The molecule has 0 heterocycles. The second kappa shape index (κ2) is 11.3. The third-order valence-corrected chi connectivity index (χ3v) is 5.34. The van der Waals surface area contributed by atoms with Crippen molar-refractivity contribution >= 4 is 17.7 Å². The summed E-state index contributed by atoms with van der Waals surface area (Å²) in [7, 11) is 0. The number of aryl methyl sites for hydroxylation is 1. The number of amides is 1. The number of ketones is 1. The number of Topliss-reactive ketones (excluding diaryl/α,β-unsaturated/α-hetero) is 1. The molecule has 0 unspecified atom stereocenters. The number of benzene rings is 2. The Hall–Kier alpha value is -3.35. The number of carbonyl (C=O) groups excluding carboxylic acids is 3. The van der Waals surface area contributed by atoms with Crippen molar-refractivity contribution in [2.24, 2.45) is 0 Å². The molecule has 0 fully saturated rings. The van der Waals surface area contributed by atoms with Crippen LogP contribution in [-0.4, -0.2) is 44.0 Å². The molecule has 0 aliphatic heterocycles. The maximum Gasteiger partial charge on any atom is 0.325 e. The molecule has 0 saturated carbocycles. The summed E-state index contributed by atoms with van der Waals surface area (Å²) in [6, 6.07) is 6.61. The summed E-state index contributed by atoms with van der Waals surface area (Å²) in [6.07, 6.45) is 0. The average Bonchev–Trinajstić information content (AvgIpc) is 2.78. The van der Waals surface area contributed by atoms with Gasteiger partial charge in [0, 0.05) is 11.1 Å². The summed E-state index contributed by atoms with van der Waals surface area (Å²) in [5, 5.41) is 2.50. The quantitative estimate of drug-likeness (QED) is 0.445. The van der Waals surface area contributed by atoms with E-state index in [2.05, 4.69) is 5.32 Å². The Morgan fingerprint density at radius 1 is 0.844 bits per heavy atom. The van der Waals surface area contributed by atoms with Gasteiger partial charge in [0.2, 0.25) is 5.78 Å². The van der Waals surface area contributed by atoms with Gasteiger partial charge in [0.25, 0.3) is 5.91 Å². The molecule has 0 spiro atoms. The molecule has 2 aromatic rings. The van der Waals surface area contributed by atoms with E-state index < -0.39 is 11.9 Å². The SMILES string of the molecule is CCOc1ccc(C(=O)NCC(=O)OCC(=O)c2cc(C)c(C)c(C)c2C)cc1OCC. The summed E-state index contributed by atoms with van der Waals surface area (Å²) in [5.74, 6) is -0.435. The van der Waals surface area contributed by atoms with E-state index in [0.717, 1.165) is 22.3 Å². The number of nitrogens with one attached hydrogen (secondary N) is 1. The molecule has 0 aliphatic rings. The first-order chi connectivity index (χ1) is 15.2. The van der Waals surface area contributed by atoms with Gasteiger partial charge in [-0.1, -0.05) is 0 Å². The number of carbonyl (C=O) groups is 3.